The Bertz CT molecular complexity index is 859. The summed E-state index contributed by atoms with van der Waals surface area (Å²) in [4.78, 5) is 18.9. The van der Waals surface area contributed by atoms with E-state index in [1.807, 2.05) is 18.2 Å². The van der Waals surface area contributed by atoms with Gasteiger partial charge in [-0.25, -0.2) is 4.39 Å². The highest BCUT2D eigenvalue weighted by atomic mass is 19.1. The van der Waals surface area contributed by atoms with Gasteiger partial charge < -0.3 is 19.8 Å². The van der Waals surface area contributed by atoms with Crippen LogP contribution >= 0.6 is 0 Å². The lowest BCUT2D eigenvalue weighted by Gasteiger charge is -2.37. The van der Waals surface area contributed by atoms with Crippen LogP contribution in [-0.4, -0.2) is 54.7 Å². The molecule has 6 heteroatoms. The second-order valence-corrected chi connectivity index (χ2v) is 8.84. The first kappa shape index (κ1) is 21.6. The van der Waals surface area contributed by atoms with Crippen LogP contribution in [0.1, 0.15) is 37.7 Å². The molecule has 1 saturated carbocycles. The zero-order valence-electron chi connectivity index (χ0n) is 18.1. The average molecular weight is 427 g/mol. The van der Waals surface area contributed by atoms with E-state index in [2.05, 4.69) is 9.80 Å². The fourth-order valence-corrected chi connectivity index (χ4v) is 4.89. The molecule has 1 heterocycles. The number of anilines is 1. The summed E-state index contributed by atoms with van der Waals surface area (Å²) in [6, 6.07) is 14.2. The molecule has 2 aromatic rings. The van der Waals surface area contributed by atoms with Crippen molar-refractivity contribution in [3.8, 4) is 5.75 Å². The van der Waals surface area contributed by atoms with Crippen molar-refractivity contribution in [2.24, 2.45) is 0 Å². The topological polar surface area (TPSA) is 48.2 Å². The highest BCUT2D eigenvalue weighted by Crippen LogP contribution is 2.26. The van der Waals surface area contributed by atoms with Crippen LogP contribution in [0.3, 0.4) is 0 Å². The summed E-state index contributed by atoms with van der Waals surface area (Å²) in [5.74, 6) is 0.262. The molecule has 0 atom stereocenters. The molecule has 2 N–H and O–H groups in total. The van der Waals surface area contributed by atoms with E-state index in [9.17, 15) is 14.3 Å². The van der Waals surface area contributed by atoms with Crippen molar-refractivity contribution in [1.82, 2.24) is 4.90 Å². The number of quaternary nitrogens is 1. The maximum Gasteiger partial charge on any atom is 0.278 e. The van der Waals surface area contributed by atoms with Crippen molar-refractivity contribution in [1.29, 1.82) is 0 Å². The zero-order valence-corrected chi connectivity index (χ0v) is 18.1. The van der Waals surface area contributed by atoms with Gasteiger partial charge in [-0.15, -0.1) is 0 Å². The Morgan fingerprint density at radius 3 is 2.39 bits per heavy atom. The number of hydrogen-bond donors (Lipinski definition) is 2. The van der Waals surface area contributed by atoms with E-state index >= 15 is 0 Å². The average Bonchev–Trinajstić information content (AvgIpc) is 2.80. The fourth-order valence-electron chi connectivity index (χ4n) is 4.89. The number of benzene rings is 2. The van der Waals surface area contributed by atoms with Crippen LogP contribution in [0.25, 0.3) is 0 Å². The Kier molecular flexibility index (Phi) is 7.07. The normalized spacial score (nSPS) is 18.2. The first-order valence-corrected chi connectivity index (χ1v) is 11.5. The highest BCUT2D eigenvalue weighted by molar-refractivity contribution is 5.77. The summed E-state index contributed by atoms with van der Waals surface area (Å²) in [6.07, 6.45) is 5.70. The van der Waals surface area contributed by atoms with Crippen LogP contribution in [0, 0.1) is 5.82 Å². The first-order chi connectivity index (χ1) is 15.1. The number of phenols is 1. The van der Waals surface area contributed by atoms with Crippen molar-refractivity contribution < 1.29 is 19.2 Å². The van der Waals surface area contributed by atoms with Crippen molar-refractivity contribution in [2.75, 3.05) is 37.6 Å². The largest absolute Gasteiger partial charge is 0.506 e. The van der Waals surface area contributed by atoms with E-state index in [1.165, 1.54) is 36.3 Å². The monoisotopic (exact) mass is 426 g/mol. The molecular formula is C25H33FN3O2+. The summed E-state index contributed by atoms with van der Waals surface area (Å²) in [5, 5.41) is 10.1. The Hall–Kier alpha value is -2.60. The number of halogens is 1. The molecule has 166 valence electrons. The predicted molar refractivity (Wildman–Crippen MR) is 120 cm³/mol. The number of aromatic hydroxyl groups is 1. The number of amides is 1. The molecule has 0 radical (unpaired) electrons. The summed E-state index contributed by atoms with van der Waals surface area (Å²) in [7, 11) is 0. The van der Waals surface area contributed by atoms with E-state index in [1.54, 1.807) is 18.2 Å². The van der Waals surface area contributed by atoms with Gasteiger partial charge in [0, 0.05) is 12.6 Å². The van der Waals surface area contributed by atoms with E-state index in [0.717, 1.165) is 50.3 Å². The summed E-state index contributed by atoms with van der Waals surface area (Å²) in [6.45, 7) is 4.43. The predicted octanol–water partition coefficient (Wildman–Crippen LogP) is 2.60. The molecule has 1 amide bonds. The molecule has 4 rings (SSSR count). The SMILES string of the molecule is O=C(C[NH+]1CCN(c2ccccc2O)CC1)N(Cc1ccc(F)cc1)C1CCCCC1. The van der Waals surface area contributed by atoms with E-state index in [-0.39, 0.29) is 17.8 Å². The third-order valence-electron chi connectivity index (χ3n) is 6.70. The molecule has 1 aliphatic heterocycles. The number of para-hydroxylation sites is 2. The van der Waals surface area contributed by atoms with Gasteiger partial charge in [-0.1, -0.05) is 43.5 Å². The van der Waals surface area contributed by atoms with Gasteiger partial charge in [0.05, 0.1) is 31.9 Å². The number of piperazine rings is 1. The number of nitrogens with one attached hydrogen (secondary N) is 1. The molecule has 5 nitrogen and oxygen atoms in total. The zero-order chi connectivity index (χ0) is 21.6. The fraction of sp³-hybridized carbons (Fsp3) is 0.480. The molecular weight excluding hydrogens is 393 g/mol. The quantitative estimate of drug-likeness (QED) is 0.747. The lowest BCUT2D eigenvalue weighted by Crippen LogP contribution is -3.16. The summed E-state index contributed by atoms with van der Waals surface area (Å²) in [5.41, 5.74) is 1.85. The third-order valence-corrected chi connectivity index (χ3v) is 6.70. The van der Waals surface area contributed by atoms with Crippen LogP contribution < -0.4 is 9.80 Å². The van der Waals surface area contributed by atoms with E-state index < -0.39 is 0 Å². The first-order valence-electron chi connectivity index (χ1n) is 11.5. The van der Waals surface area contributed by atoms with Crippen LogP contribution in [0.2, 0.25) is 0 Å². The minimum Gasteiger partial charge on any atom is -0.506 e. The Morgan fingerprint density at radius 1 is 1.03 bits per heavy atom. The molecule has 2 aliphatic rings. The number of nitrogens with zero attached hydrogens (tertiary/aromatic N) is 2. The third kappa shape index (κ3) is 5.56. The Balaban J connectivity index is 1.38. The summed E-state index contributed by atoms with van der Waals surface area (Å²) < 4.78 is 13.3. The van der Waals surface area contributed by atoms with Gasteiger partial charge in [0.1, 0.15) is 11.6 Å². The molecule has 1 saturated heterocycles. The van der Waals surface area contributed by atoms with Crippen molar-refractivity contribution in [3.63, 3.8) is 0 Å². The second-order valence-electron chi connectivity index (χ2n) is 8.84. The van der Waals surface area contributed by atoms with Crippen LogP contribution in [0.15, 0.2) is 48.5 Å². The number of rotatable bonds is 6. The van der Waals surface area contributed by atoms with Crippen LogP contribution in [0.5, 0.6) is 5.75 Å². The van der Waals surface area contributed by atoms with Gasteiger partial charge in [-0.2, -0.15) is 0 Å². The molecule has 0 unspecified atom stereocenters. The Morgan fingerprint density at radius 2 is 1.71 bits per heavy atom. The van der Waals surface area contributed by atoms with E-state index in [4.69, 9.17) is 0 Å². The van der Waals surface area contributed by atoms with Crippen LogP contribution in [-0.2, 0) is 11.3 Å². The molecule has 0 bridgehead atoms. The lowest BCUT2D eigenvalue weighted by atomic mass is 9.93. The van der Waals surface area contributed by atoms with Gasteiger partial charge in [0.15, 0.2) is 6.54 Å². The van der Waals surface area contributed by atoms with Crippen molar-refractivity contribution >= 4 is 11.6 Å². The molecule has 0 spiro atoms. The molecule has 2 aromatic carbocycles. The minimum absolute atomic E-state index is 0.197. The number of phenolic OH excluding ortho intramolecular Hbond substituents is 1. The van der Waals surface area contributed by atoms with Crippen molar-refractivity contribution in [2.45, 2.75) is 44.7 Å². The maximum atomic E-state index is 13.4. The highest BCUT2D eigenvalue weighted by Gasteiger charge is 2.30. The smallest absolute Gasteiger partial charge is 0.278 e. The van der Waals surface area contributed by atoms with Gasteiger partial charge in [0.2, 0.25) is 0 Å². The van der Waals surface area contributed by atoms with Crippen LogP contribution in [0.4, 0.5) is 10.1 Å². The van der Waals surface area contributed by atoms with Gasteiger partial charge >= 0.3 is 0 Å². The Labute approximate surface area is 184 Å². The second kappa shape index (κ2) is 10.1. The van der Waals surface area contributed by atoms with Gasteiger partial charge in [-0.3, -0.25) is 4.79 Å². The van der Waals surface area contributed by atoms with Crippen molar-refractivity contribution in [3.05, 3.63) is 59.9 Å². The number of carbonyl (C=O) groups excluding carboxylic acids is 1. The number of hydrogen-bond acceptors (Lipinski definition) is 3. The standard InChI is InChI=1S/C25H32FN3O2/c26-21-12-10-20(11-13-21)18-29(22-6-2-1-3-7-22)25(31)19-27-14-16-28(17-15-27)23-8-4-5-9-24(23)30/h4-5,8-13,22,30H,1-3,6-7,14-19H2/p+1. The molecule has 31 heavy (non-hydrogen) atoms. The van der Waals surface area contributed by atoms with Gasteiger partial charge in [0.25, 0.3) is 5.91 Å². The molecule has 0 aromatic heterocycles. The number of carbonyl (C=O) groups is 1. The molecule has 1 aliphatic carbocycles. The lowest BCUT2D eigenvalue weighted by molar-refractivity contribution is -0.892. The van der Waals surface area contributed by atoms with Gasteiger partial charge in [-0.05, 0) is 42.7 Å². The minimum atomic E-state index is -0.244. The molecule has 2 fully saturated rings. The maximum absolute atomic E-state index is 13.4. The van der Waals surface area contributed by atoms with E-state index in [0.29, 0.717) is 18.8 Å². The summed E-state index contributed by atoms with van der Waals surface area (Å²) >= 11 is 0.